The van der Waals surface area contributed by atoms with Crippen LogP contribution >= 0.6 is 0 Å². The fourth-order valence-electron chi connectivity index (χ4n) is 7.40. The van der Waals surface area contributed by atoms with Gasteiger partial charge in [0.1, 0.15) is 5.82 Å². The second kappa shape index (κ2) is 13.8. The van der Waals surface area contributed by atoms with Crippen LogP contribution < -0.4 is 0 Å². The molecule has 10 aromatic rings. The van der Waals surface area contributed by atoms with Crippen molar-refractivity contribution in [3.63, 3.8) is 0 Å². The first kappa shape index (κ1) is 32.2. The zero-order valence-electron chi connectivity index (χ0n) is 29.8. The molecular weight excluding hydrogens is 671 g/mol. The van der Waals surface area contributed by atoms with Crippen molar-refractivity contribution in [1.29, 1.82) is 0 Å². The summed E-state index contributed by atoms with van der Waals surface area (Å²) in [7, 11) is 0. The van der Waals surface area contributed by atoms with Gasteiger partial charge >= 0.3 is 0 Å². The van der Waals surface area contributed by atoms with E-state index in [1.165, 1.54) is 16.5 Å². The Morgan fingerprint density at radius 1 is 0.291 bits per heavy atom. The van der Waals surface area contributed by atoms with Gasteiger partial charge in [0.25, 0.3) is 0 Å². The van der Waals surface area contributed by atoms with Gasteiger partial charge in [-0.2, -0.15) is 0 Å². The molecule has 0 aliphatic carbocycles. The third-order valence-electron chi connectivity index (χ3n) is 10.1. The molecule has 0 unspecified atom stereocenters. The van der Waals surface area contributed by atoms with Crippen molar-refractivity contribution in [1.82, 2.24) is 24.5 Å². The molecule has 0 atom stereocenters. The van der Waals surface area contributed by atoms with Gasteiger partial charge in [-0.05, 0) is 88.0 Å². The van der Waals surface area contributed by atoms with Gasteiger partial charge in [0.05, 0.1) is 11.0 Å². The third-order valence-corrected chi connectivity index (χ3v) is 10.1. The first-order valence-corrected chi connectivity index (χ1v) is 18.4. The molecule has 0 N–H and O–H groups in total. The predicted octanol–water partition coefficient (Wildman–Crippen LogP) is 12.4. The minimum Gasteiger partial charge on any atom is -0.294 e. The number of benzene rings is 7. The maximum absolute atomic E-state index is 5.10. The molecule has 7 aromatic carbocycles. The SMILES string of the molecule is c1ccc(-c2cc(-c3ccc4c(c3)c3cc(-c5ccccc5)ccc3n4-c3ccccn3)cc(-c3nc(-c4ccccc4)nc(-c4ccccc4)n3)c2)cc1. The van der Waals surface area contributed by atoms with Gasteiger partial charge in [-0.25, -0.2) is 19.9 Å². The molecule has 3 heterocycles. The van der Waals surface area contributed by atoms with Crippen LogP contribution in [0.3, 0.4) is 0 Å². The fourth-order valence-corrected chi connectivity index (χ4v) is 7.40. The van der Waals surface area contributed by atoms with Crippen molar-refractivity contribution in [3.05, 3.63) is 200 Å². The second-order valence-corrected chi connectivity index (χ2v) is 13.6. The normalized spacial score (nSPS) is 11.3. The Morgan fingerprint density at radius 3 is 1.18 bits per heavy atom. The van der Waals surface area contributed by atoms with E-state index < -0.39 is 0 Å². The van der Waals surface area contributed by atoms with Crippen molar-refractivity contribution in [3.8, 4) is 73.4 Å². The van der Waals surface area contributed by atoms with Gasteiger partial charge in [-0.1, -0.05) is 140 Å². The Labute approximate surface area is 318 Å². The van der Waals surface area contributed by atoms with Gasteiger partial charge < -0.3 is 0 Å². The van der Waals surface area contributed by atoms with Crippen LogP contribution in [0.1, 0.15) is 0 Å². The minimum absolute atomic E-state index is 0.618. The molecule has 0 radical (unpaired) electrons. The molecule has 0 aliphatic rings. The van der Waals surface area contributed by atoms with Crippen LogP contribution in [0.15, 0.2) is 200 Å². The summed E-state index contributed by atoms with van der Waals surface area (Å²) in [5.41, 5.74) is 11.7. The summed E-state index contributed by atoms with van der Waals surface area (Å²) < 4.78 is 2.26. The molecule has 10 rings (SSSR count). The molecule has 0 aliphatic heterocycles. The highest BCUT2D eigenvalue weighted by molar-refractivity contribution is 6.11. The van der Waals surface area contributed by atoms with Crippen LogP contribution in [-0.4, -0.2) is 24.5 Å². The molecule has 3 aromatic heterocycles. The molecule has 5 heteroatoms. The Bertz CT molecular complexity index is 2890. The van der Waals surface area contributed by atoms with Crippen molar-refractivity contribution in [2.75, 3.05) is 0 Å². The number of nitrogens with zero attached hydrogens (tertiary/aromatic N) is 5. The Balaban J connectivity index is 1.20. The molecule has 0 saturated heterocycles. The Kier molecular flexibility index (Phi) is 8.08. The lowest BCUT2D eigenvalue weighted by atomic mass is 9.94. The smallest absolute Gasteiger partial charge is 0.164 e. The average molecular weight is 704 g/mol. The van der Waals surface area contributed by atoms with E-state index in [-0.39, 0.29) is 0 Å². The number of rotatable bonds is 7. The highest BCUT2D eigenvalue weighted by atomic mass is 15.1. The van der Waals surface area contributed by atoms with E-state index >= 15 is 0 Å². The highest BCUT2D eigenvalue weighted by Gasteiger charge is 2.18. The number of pyridine rings is 1. The summed E-state index contributed by atoms with van der Waals surface area (Å²) >= 11 is 0. The zero-order chi connectivity index (χ0) is 36.6. The average Bonchev–Trinajstić information content (AvgIpc) is 3.60. The highest BCUT2D eigenvalue weighted by Crippen LogP contribution is 2.39. The Morgan fingerprint density at radius 2 is 0.691 bits per heavy atom. The first-order valence-electron chi connectivity index (χ1n) is 18.4. The van der Waals surface area contributed by atoms with Gasteiger partial charge in [0, 0.05) is 33.7 Å². The van der Waals surface area contributed by atoms with Gasteiger partial charge in [-0.3, -0.25) is 4.57 Å². The number of hydrogen-bond donors (Lipinski definition) is 0. The summed E-state index contributed by atoms with van der Waals surface area (Å²) in [5, 5.41) is 2.32. The molecule has 0 saturated carbocycles. The summed E-state index contributed by atoms with van der Waals surface area (Å²) in [6.45, 7) is 0. The molecular formula is C50H33N5. The first-order chi connectivity index (χ1) is 27.2. The lowest BCUT2D eigenvalue weighted by Gasteiger charge is -2.13. The van der Waals surface area contributed by atoms with Crippen LogP contribution in [0.4, 0.5) is 0 Å². The van der Waals surface area contributed by atoms with Gasteiger partial charge in [0.2, 0.25) is 0 Å². The van der Waals surface area contributed by atoms with Crippen LogP contribution in [0.5, 0.6) is 0 Å². The molecule has 0 bridgehead atoms. The van der Waals surface area contributed by atoms with Crippen molar-refractivity contribution < 1.29 is 0 Å². The van der Waals surface area contributed by atoms with E-state index in [0.29, 0.717) is 17.5 Å². The third kappa shape index (κ3) is 6.14. The molecule has 55 heavy (non-hydrogen) atoms. The summed E-state index contributed by atoms with van der Waals surface area (Å²) in [6, 6.07) is 67.5. The number of fused-ring (bicyclic) bond motifs is 3. The largest absolute Gasteiger partial charge is 0.294 e. The van der Waals surface area contributed by atoms with E-state index in [2.05, 4.69) is 120 Å². The zero-order valence-corrected chi connectivity index (χ0v) is 29.8. The quantitative estimate of drug-likeness (QED) is 0.166. The van der Waals surface area contributed by atoms with Crippen LogP contribution in [0.2, 0.25) is 0 Å². The molecule has 0 fully saturated rings. The molecule has 0 amide bonds. The summed E-state index contributed by atoms with van der Waals surface area (Å²) in [6.07, 6.45) is 1.85. The lowest BCUT2D eigenvalue weighted by molar-refractivity contribution is 1.07. The van der Waals surface area contributed by atoms with E-state index in [4.69, 9.17) is 19.9 Å². The van der Waals surface area contributed by atoms with Crippen LogP contribution in [0, 0.1) is 0 Å². The molecule has 5 nitrogen and oxygen atoms in total. The van der Waals surface area contributed by atoms with E-state index in [0.717, 1.165) is 61.2 Å². The topological polar surface area (TPSA) is 56.5 Å². The van der Waals surface area contributed by atoms with Gasteiger partial charge in [0.15, 0.2) is 17.5 Å². The fraction of sp³-hybridized carbons (Fsp3) is 0. The number of aromatic nitrogens is 5. The second-order valence-electron chi connectivity index (χ2n) is 13.6. The van der Waals surface area contributed by atoms with E-state index in [9.17, 15) is 0 Å². The molecule has 258 valence electrons. The van der Waals surface area contributed by atoms with Gasteiger partial charge in [-0.15, -0.1) is 0 Å². The maximum atomic E-state index is 5.10. The lowest BCUT2D eigenvalue weighted by Crippen LogP contribution is -2.00. The standard InChI is InChI=1S/C50H33N5/c1-5-15-34(16-6-1)38-24-26-45-43(32-38)44-33-39(25-27-46(44)55(45)47-23-13-14-28-51-47)41-29-40(35-17-7-2-8-18-35)30-42(31-41)50-53-48(36-19-9-3-10-20-36)52-49(54-50)37-21-11-4-12-22-37/h1-33H. The Hall–Kier alpha value is -7.50. The maximum Gasteiger partial charge on any atom is 0.164 e. The molecule has 0 spiro atoms. The van der Waals surface area contributed by atoms with Crippen molar-refractivity contribution in [2.45, 2.75) is 0 Å². The predicted molar refractivity (Wildman–Crippen MR) is 225 cm³/mol. The van der Waals surface area contributed by atoms with Crippen LogP contribution in [0.25, 0.3) is 95.2 Å². The van der Waals surface area contributed by atoms with E-state index in [1.807, 2.05) is 85.1 Å². The monoisotopic (exact) mass is 703 g/mol. The summed E-state index contributed by atoms with van der Waals surface area (Å²) in [5.74, 6) is 2.77. The van der Waals surface area contributed by atoms with Crippen LogP contribution in [-0.2, 0) is 0 Å². The van der Waals surface area contributed by atoms with Crippen molar-refractivity contribution in [2.24, 2.45) is 0 Å². The summed E-state index contributed by atoms with van der Waals surface area (Å²) in [4.78, 5) is 19.9. The minimum atomic E-state index is 0.618. The number of hydrogen-bond acceptors (Lipinski definition) is 4. The van der Waals surface area contributed by atoms with Crippen molar-refractivity contribution >= 4 is 21.8 Å². The van der Waals surface area contributed by atoms with E-state index in [1.54, 1.807) is 0 Å².